The highest BCUT2D eigenvalue weighted by Crippen LogP contribution is 2.23. The summed E-state index contributed by atoms with van der Waals surface area (Å²) in [6, 6.07) is 14.9. The van der Waals surface area contributed by atoms with E-state index in [9.17, 15) is 9.90 Å². The van der Waals surface area contributed by atoms with E-state index in [1.165, 1.54) is 5.56 Å². The lowest BCUT2D eigenvalue weighted by Gasteiger charge is -2.28. The van der Waals surface area contributed by atoms with Crippen molar-refractivity contribution in [3.63, 3.8) is 0 Å². The molecule has 0 saturated carbocycles. The maximum Gasteiger partial charge on any atom is 0.410 e. The molecule has 0 aliphatic carbocycles. The van der Waals surface area contributed by atoms with Crippen molar-refractivity contribution in [2.24, 2.45) is 0 Å². The molecule has 0 fully saturated rings. The van der Waals surface area contributed by atoms with Gasteiger partial charge in [0.25, 0.3) is 0 Å². The van der Waals surface area contributed by atoms with E-state index in [2.05, 4.69) is 0 Å². The SMILES string of the molecule is O=C(OCc1ccccc1)N1CCc2ccc(O)cc2C1. The molecule has 108 valence electrons. The van der Waals surface area contributed by atoms with E-state index >= 15 is 0 Å². The molecule has 2 aromatic rings. The van der Waals surface area contributed by atoms with Gasteiger partial charge in [0.2, 0.25) is 0 Å². The molecule has 0 saturated heterocycles. The summed E-state index contributed by atoms with van der Waals surface area (Å²) in [5, 5.41) is 9.53. The molecule has 0 bridgehead atoms. The van der Waals surface area contributed by atoms with E-state index in [4.69, 9.17) is 4.74 Å². The fraction of sp³-hybridized carbons (Fsp3) is 0.235. The molecule has 4 nitrogen and oxygen atoms in total. The minimum Gasteiger partial charge on any atom is -0.508 e. The Hall–Kier alpha value is -2.49. The average molecular weight is 283 g/mol. The number of carbonyl (C=O) groups excluding carboxylic acids is 1. The first kappa shape index (κ1) is 13.5. The Balaban J connectivity index is 1.61. The summed E-state index contributed by atoms with van der Waals surface area (Å²) < 4.78 is 5.34. The van der Waals surface area contributed by atoms with Crippen molar-refractivity contribution in [2.45, 2.75) is 19.6 Å². The third-order valence-corrected chi connectivity index (χ3v) is 3.67. The fourth-order valence-electron chi connectivity index (χ4n) is 2.51. The Morgan fingerprint density at radius 2 is 1.95 bits per heavy atom. The second kappa shape index (κ2) is 5.87. The van der Waals surface area contributed by atoms with Gasteiger partial charge in [-0.15, -0.1) is 0 Å². The van der Waals surface area contributed by atoms with Gasteiger partial charge in [0.15, 0.2) is 0 Å². The van der Waals surface area contributed by atoms with Gasteiger partial charge < -0.3 is 14.7 Å². The topological polar surface area (TPSA) is 49.8 Å². The van der Waals surface area contributed by atoms with Crippen LogP contribution >= 0.6 is 0 Å². The van der Waals surface area contributed by atoms with Crippen LogP contribution in [0, 0.1) is 0 Å². The molecule has 0 spiro atoms. The molecule has 21 heavy (non-hydrogen) atoms. The van der Waals surface area contributed by atoms with Crippen molar-refractivity contribution in [3.8, 4) is 5.75 Å². The first-order chi connectivity index (χ1) is 10.2. The first-order valence-electron chi connectivity index (χ1n) is 6.99. The third-order valence-electron chi connectivity index (χ3n) is 3.67. The van der Waals surface area contributed by atoms with Gasteiger partial charge in [-0.2, -0.15) is 0 Å². The van der Waals surface area contributed by atoms with Crippen molar-refractivity contribution in [1.82, 2.24) is 4.90 Å². The number of phenolic OH excluding ortho intramolecular Hbond substituents is 1. The predicted octanol–water partition coefficient (Wildman–Crippen LogP) is 3.09. The van der Waals surface area contributed by atoms with E-state index in [1.54, 1.807) is 17.0 Å². The molecule has 2 aromatic carbocycles. The number of benzene rings is 2. The second-order valence-electron chi connectivity index (χ2n) is 5.16. The number of carbonyl (C=O) groups is 1. The summed E-state index contributed by atoms with van der Waals surface area (Å²) in [5.41, 5.74) is 3.14. The lowest BCUT2D eigenvalue weighted by Crippen LogP contribution is -2.36. The molecule has 1 aliphatic rings. The number of hydrogen-bond acceptors (Lipinski definition) is 3. The summed E-state index contributed by atoms with van der Waals surface area (Å²) >= 11 is 0. The molecular weight excluding hydrogens is 266 g/mol. The number of fused-ring (bicyclic) bond motifs is 1. The number of nitrogens with zero attached hydrogens (tertiary/aromatic N) is 1. The molecule has 0 unspecified atom stereocenters. The van der Waals surface area contributed by atoms with Gasteiger partial charge in [0.1, 0.15) is 12.4 Å². The van der Waals surface area contributed by atoms with Crippen LogP contribution in [0.4, 0.5) is 4.79 Å². The van der Waals surface area contributed by atoms with E-state index < -0.39 is 0 Å². The van der Waals surface area contributed by atoms with E-state index in [1.807, 2.05) is 36.4 Å². The molecule has 0 atom stereocenters. The Morgan fingerprint density at radius 3 is 2.76 bits per heavy atom. The number of aromatic hydroxyl groups is 1. The number of ether oxygens (including phenoxy) is 1. The monoisotopic (exact) mass is 283 g/mol. The molecule has 4 heteroatoms. The highest BCUT2D eigenvalue weighted by atomic mass is 16.6. The quantitative estimate of drug-likeness (QED) is 0.921. The summed E-state index contributed by atoms with van der Waals surface area (Å²) in [6.45, 7) is 1.41. The summed E-state index contributed by atoms with van der Waals surface area (Å²) in [4.78, 5) is 13.8. The summed E-state index contributed by atoms with van der Waals surface area (Å²) in [7, 11) is 0. The lowest BCUT2D eigenvalue weighted by atomic mass is 10.00. The molecule has 0 radical (unpaired) electrons. The van der Waals surface area contributed by atoms with Crippen LogP contribution in [0.1, 0.15) is 16.7 Å². The molecule has 1 amide bonds. The minimum absolute atomic E-state index is 0.230. The molecular formula is C17H17NO3. The molecule has 1 N–H and O–H groups in total. The van der Waals surface area contributed by atoms with Crippen LogP contribution in [0.3, 0.4) is 0 Å². The number of rotatable bonds is 2. The van der Waals surface area contributed by atoms with Gasteiger partial charge in [-0.1, -0.05) is 36.4 Å². The van der Waals surface area contributed by atoms with Gasteiger partial charge in [-0.25, -0.2) is 4.79 Å². The van der Waals surface area contributed by atoms with Gasteiger partial charge in [0.05, 0.1) is 0 Å². The maximum absolute atomic E-state index is 12.1. The standard InChI is InChI=1S/C17H17NO3/c19-16-7-6-14-8-9-18(11-15(14)10-16)17(20)21-12-13-4-2-1-3-5-13/h1-7,10,19H,8-9,11-12H2. The summed E-state index contributed by atoms with van der Waals surface area (Å²) in [6.07, 6.45) is 0.476. The van der Waals surface area contributed by atoms with Crippen molar-refractivity contribution in [1.29, 1.82) is 0 Å². The summed E-state index contributed by atoms with van der Waals surface area (Å²) in [5.74, 6) is 0.230. The predicted molar refractivity (Wildman–Crippen MR) is 78.8 cm³/mol. The van der Waals surface area contributed by atoms with E-state index in [0.29, 0.717) is 13.1 Å². The zero-order valence-corrected chi connectivity index (χ0v) is 11.7. The highest BCUT2D eigenvalue weighted by Gasteiger charge is 2.22. The average Bonchev–Trinajstić information content (AvgIpc) is 2.53. The van der Waals surface area contributed by atoms with Crippen LogP contribution in [0.5, 0.6) is 5.75 Å². The minimum atomic E-state index is -0.312. The van der Waals surface area contributed by atoms with Gasteiger partial charge in [-0.3, -0.25) is 0 Å². The van der Waals surface area contributed by atoms with Crippen LogP contribution in [0.25, 0.3) is 0 Å². The largest absolute Gasteiger partial charge is 0.508 e. The van der Waals surface area contributed by atoms with Gasteiger partial charge >= 0.3 is 6.09 Å². The van der Waals surface area contributed by atoms with E-state index in [-0.39, 0.29) is 18.4 Å². The van der Waals surface area contributed by atoms with Crippen LogP contribution in [-0.2, 0) is 24.3 Å². The fourth-order valence-corrected chi connectivity index (χ4v) is 2.51. The van der Waals surface area contributed by atoms with Crippen molar-refractivity contribution in [3.05, 3.63) is 65.2 Å². The third kappa shape index (κ3) is 3.16. The maximum atomic E-state index is 12.1. The van der Waals surface area contributed by atoms with Crippen molar-refractivity contribution in [2.75, 3.05) is 6.54 Å². The second-order valence-corrected chi connectivity index (χ2v) is 5.16. The number of hydrogen-bond donors (Lipinski definition) is 1. The Labute approximate surface area is 123 Å². The van der Waals surface area contributed by atoms with Gasteiger partial charge in [-0.05, 0) is 35.2 Å². The van der Waals surface area contributed by atoms with Crippen LogP contribution in [0.2, 0.25) is 0 Å². The van der Waals surface area contributed by atoms with Crippen LogP contribution in [-0.4, -0.2) is 22.6 Å². The normalized spacial score (nSPS) is 13.6. The smallest absolute Gasteiger partial charge is 0.410 e. The number of amides is 1. The Kier molecular flexibility index (Phi) is 3.77. The first-order valence-corrected chi connectivity index (χ1v) is 6.99. The van der Waals surface area contributed by atoms with E-state index in [0.717, 1.165) is 17.5 Å². The van der Waals surface area contributed by atoms with Crippen LogP contribution in [0.15, 0.2) is 48.5 Å². The Bertz CT molecular complexity index is 640. The highest BCUT2D eigenvalue weighted by molar-refractivity contribution is 5.68. The molecule has 3 rings (SSSR count). The molecule has 0 aromatic heterocycles. The van der Waals surface area contributed by atoms with Crippen molar-refractivity contribution >= 4 is 6.09 Å². The van der Waals surface area contributed by atoms with Gasteiger partial charge in [0, 0.05) is 13.1 Å². The van der Waals surface area contributed by atoms with Crippen molar-refractivity contribution < 1.29 is 14.6 Å². The zero-order chi connectivity index (χ0) is 14.7. The Morgan fingerprint density at radius 1 is 1.14 bits per heavy atom. The lowest BCUT2D eigenvalue weighted by molar-refractivity contribution is 0.0918. The van der Waals surface area contributed by atoms with Crippen LogP contribution < -0.4 is 0 Å². The molecule has 1 aliphatic heterocycles. The number of phenols is 1. The molecule has 1 heterocycles. The zero-order valence-electron chi connectivity index (χ0n) is 11.7.